The molecule has 1 aromatic carbocycles. The number of aliphatic hydroxyl groups is 1. The van der Waals surface area contributed by atoms with E-state index >= 15 is 0 Å². The molecule has 0 atom stereocenters. The van der Waals surface area contributed by atoms with Crippen molar-refractivity contribution in [2.75, 3.05) is 33.8 Å². The smallest absolute Gasteiger partial charge is 0.251 e. The average Bonchev–Trinajstić information content (AvgIpc) is 2.39. The zero-order chi connectivity index (χ0) is 14.1. The zero-order valence-corrected chi connectivity index (χ0v) is 11.4. The van der Waals surface area contributed by atoms with Gasteiger partial charge in [-0.2, -0.15) is 0 Å². The number of carbonyl (C=O) groups excluding carboxylic acids is 1. The molecule has 4 nitrogen and oxygen atoms in total. The largest absolute Gasteiger partial charge is 0.395 e. The number of carbonyl (C=O) groups is 1. The second-order valence-corrected chi connectivity index (χ2v) is 4.41. The SMILES string of the molecule is CN(C)CCNC(=O)c1ccc(C#CCCO)cc1. The first-order chi connectivity index (χ1) is 9.13. The molecule has 1 aromatic rings. The Hall–Kier alpha value is -1.83. The van der Waals surface area contributed by atoms with Crippen molar-refractivity contribution >= 4 is 5.91 Å². The fourth-order valence-electron chi connectivity index (χ4n) is 1.42. The molecule has 2 N–H and O–H groups in total. The van der Waals surface area contributed by atoms with E-state index < -0.39 is 0 Å². The van der Waals surface area contributed by atoms with Gasteiger partial charge in [0.25, 0.3) is 5.91 Å². The van der Waals surface area contributed by atoms with Crippen LogP contribution in [0.3, 0.4) is 0 Å². The predicted octanol–water partition coefficient (Wildman–Crippen LogP) is 0.712. The van der Waals surface area contributed by atoms with Crippen LogP contribution < -0.4 is 5.32 Å². The monoisotopic (exact) mass is 260 g/mol. The molecule has 0 spiro atoms. The number of hydrogen-bond donors (Lipinski definition) is 2. The van der Waals surface area contributed by atoms with Crippen LogP contribution in [0.25, 0.3) is 0 Å². The highest BCUT2D eigenvalue weighted by atomic mass is 16.2. The van der Waals surface area contributed by atoms with Gasteiger partial charge in [0.05, 0.1) is 6.61 Å². The van der Waals surface area contributed by atoms with Crippen molar-refractivity contribution in [1.82, 2.24) is 10.2 Å². The Balaban J connectivity index is 2.51. The van der Waals surface area contributed by atoms with E-state index in [-0.39, 0.29) is 12.5 Å². The number of aliphatic hydroxyl groups excluding tert-OH is 1. The van der Waals surface area contributed by atoms with Gasteiger partial charge in [-0.1, -0.05) is 11.8 Å². The quantitative estimate of drug-likeness (QED) is 0.767. The lowest BCUT2D eigenvalue weighted by Gasteiger charge is -2.10. The highest BCUT2D eigenvalue weighted by molar-refractivity contribution is 5.94. The molecular weight excluding hydrogens is 240 g/mol. The van der Waals surface area contributed by atoms with Crippen molar-refractivity contribution in [3.63, 3.8) is 0 Å². The van der Waals surface area contributed by atoms with Crippen LogP contribution in [0.4, 0.5) is 0 Å². The van der Waals surface area contributed by atoms with Crippen LogP contribution in [0.2, 0.25) is 0 Å². The van der Waals surface area contributed by atoms with E-state index in [1.165, 1.54) is 0 Å². The van der Waals surface area contributed by atoms with Crippen molar-refractivity contribution in [3.8, 4) is 11.8 Å². The van der Waals surface area contributed by atoms with Gasteiger partial charge in [0.2, 0.25) is 0 Å². The van der Waals surface area contributed by atoms with Crippen molar-refractivity contribution in [3.05, 3.63) is 35.4 Å². The van der Waals surface area contributed by atoms with E-state index in [4.69, 9.17) is 5.11 Å². The first-order valence-electron chi connectivity index (χ1n) is 6.26. The Kier molecular flexibility index (Phi) is 6.65. The summed E-state index contributed by atoms with van der Waals surface area (Å²) in [5.74, 6) is 5.69. The Morgan fingerprint density at radius 2 is 2.00 bits per heavy atom. The number of nitrogens with zero attached hydrogens (tertiary/aromatic N) is 1. The summed E-state index contributed by atoms with van der Waals surface area (Å²) in [6.45, 7) is 1.51. The number of nitrogens with one attached hydrogen (secondary N) is 1. The Labute approximate surface area is 114 Å². The molecule has 19 heavy (non-hydrogen) atoms. The van der Waals surface area contributed by atoms with Crippen LogP contribution in [0.1, 0.15) is 22.3 Å². The Bertz CT molecular complexity index is 455. The normalized spacial score (nSPS) is 9.89. The van der Waals surface area contributed by atoms with E-state index in [1.807, 2.05) is 31.1 Å². The fourth-order valence-corrected chi connectivity index (χ4v) is 1.42. The van der Waals surface area contributed by atoms with Crippen LogP contribution >= 0.6 is 0 Å². The van der Waals surface area contributed by atoms with Gasteiger partial charge < -0.3 is 15.3 Å². The second kappa shape index (κ2) is 8.30. The number of hydrogen-bond acceptors (Lipinski definition) is 3. The maximum atomic E-state index is 11.8. The fraction of sp³-hybridized carbons (Fsp3) is 0.400. The third-order valence-electron chi connectivity index (χ3n) is 2.46. The molecule has 0 aliphatic heterocycles. The summed E-state index contributed by atoms with van der Waals surface area (Å²) in [5.41, 5.74) is 1.48. The molecule has 102 valence electrons. The van der Waals surface area contributed by atoms with Gasteiger partial charge in [-0.25, -0.2) is 0 Å². The van der Waals surface area contributed by atoms with Crippen LogP contribution in [-0.4, -0.2) is 49.7 Å². The molecular formula is C15H20N2O2. The molecule has 4 heteroatoms. The van der Waals surface area contributed by atoms with Crippen LogP contribution in [-0.2, 0) is 0 Å². The van der Waals surface area contributed by atoms with Crippen molar-refractivity contribution < 1.29 is 9.90 Å². The van der Waals surface area contributed by atoms with Crippen molar-refractivity contribution in [2.24, 2.45) is 0 Å². The molecule has 0 bridgehead atoms. The van der Waals surface area contributed by atoms with E-state index in [0.29, 0.717) is 18.5 Å². The summed E-state index contributed by atoms with van der Waals surface area (Å²) in [6, 6.07) is 7.14. The minimum absolute atomic E-state index is 0.0688. The Morgan fingerprint density at radius 1 is 1.32 bits per heavy atom. The molecule has 0 aliphatic carbocycles. The third-order valence-corrected chi connectivity index (χ3v) is 2.46. The maximum Gasteiger partial charge on any atom is 0.251 e. The maximum absolute atomic E-state index is 11.8. The minimum Gasteiger partial charge on any atom is -0.395 e. The van der Waals surface area contributed by atoms with E-state index in [9.17, 15) is 4.79 Å². The molecule has 0 heterocycles. The molecule has 0 saturated carbocycles. The molecule has 0 radical (unpaired) electrons. The molecule has 0 unspecified atom stereocenters. The standard InChI is InChI=1S/C15H20N2O2/c1-17(2)11-10-16-15(19)14-8-6-13(7-9-14)5-3-4-12-18/h6-9,18H,4,10-12H2,1-2H3,(H,16,19). The van der Waals surface area contributed by atoms with Gasteiger partial charge in [0.15, 0.2) is 0 Å². The minimum atomic E-state index is -0.0725. The second-order valence-electron chi connectivity index (χ2n) is 4.41. The van der Waals surface area contributed by atoms with Gasteiger partial charge in [-0.15, -0.1) is 0 Å². The van der Waals surface area contributed by atoms with Gasteiger partial charge in [0, 0.05) is 30.6 Å². The number of benzene rings is 1. The highest BCUT2D eigenvalue weighted by Crippen LogP contribution is 2.03. The summed E-state index contributed by atoms with van der Waals surface area (Å²) >= 11 is 0. The summed E-state index contributed by atoms with van der Waals surface area (Å²) in [6.07, 6.45) is 0.465. The molecule has 1 amide bonds. The average molecular weight is 260 g/mol. The zero-order valence-electron chi connectivity index (χ0n) is 11.4. The summed E-state index contributed by atoms with van der Waals surface area (Å²) < 4.78 is 0. The third kappa shape index (κ3) is 6.05. The first-order valence-corrected chi connectivity index (χ1v) is 6.26. The van der Waals surface area contributed by atoms with Crippen LogP contribution in [0.5, 0.6) is 0 Å². The lowest BCUT2D eigenvalue weighted by molar-refractivity contribution is 0.0951. The highest BCUT2D eigenvalue weighted by Gasteiger charge is 2.04. The van der Waals surface area contributed by atoms with Gasteiger partial charge in [-0.05, 0) is 38.4 Å². The van der Waals surface area contributed by atoms with E-state index in [2.05, 4.69) is 17.2 Å². The summed E-state index contributed by atoms with van der Waals surface area (Å²) in [4.78, 5) is 13.8. The number of likely N-dealkylation sites (N-methyl/N-ethyl adjacent to an activating group) is 1. The predicted molar refractivity (Wildman–Crippen MR) is 75.9 cm³/mol. The lowest BCUT2D eigenvalue weighted by Crippen LogP contribution is -2.31. The molecule has 0 aromatic heterocycles. The summed E-state index contributed by atoms with van der Waals surface area (Å²) in [7, 11) is 3.93. The van der Waals surface area contributed by atoms with Crippen molar-refractivity contribution in [2.45, 2.75) is 6.42 Å². The summed E-state index contributed by atoms with van der Waals surface area (Å²) in [5, 5.41) is 11.5. The van der Waals surface area contributed by atoms with E-state index in [1.54, 1.807) is 12.1 Å². The number of rotatable bonds is 5. The molecule has 0 saturated heterocycles. The van der Waals surface area contributed by atoms with Gasteiger partial charge >= 0.3 is 0 Å². The lowest BCUT2D eigenvalue weighted by atomic mass is 10.1. The van der Waals surface area contributed by atoms with Gasteiger partial charge in [0.1, 0.15) is 0 Å². The molecule has 0 aliphatic rings. The van der Waals surface area contributed by atoms with Gasteiger partial charge in [-0.3, -0.25) is 4.79 Å². The molecule has 0 fully saturated rings. The number of amides is 1. The van der Waals surface area contributed by atoms with E-state index in [0.717, 1.165) is 12.1 Å². The first kappa shape index (κ1) is 15.2. The van der Waals surface area contributed by atoms with Crippen molar-refractivity contribution in [1.29, 1.82) is 0 Å². The Morgan fingerprint density at radius 3 is 2.58 bits per heavy atom. The topological polar surface area (TPSA) is 52.6 Å². The van der Waals surface area contributed by atoms with Crippen LogP contribution in [0, 0.1) is 11.8 Å². The van der Waals surface area contributed by atoms with Crippen LogP contribution in [0.15, 0.2) is 24.3 Å². The molecule has 1 rings (SSSR count).